The molecule has 2 N–H and O–H groups in total. The molecule has 21 heavy (non-hydrogen) atoms. The van der Waals surface area contributed by atoms with E-state index in [1.807, 2.05) is 13.0 Å². The van der Waals surface area contributed by atoms with Crippen molar-refractivity contribution in [3.8, 4) is 5.75 Å². The highest BCUT2D eigenvalue weighted by molar-refractivity contribution is 5.37. The van der Waals surface area contributed by atoms with Crippen molar-refractivity contribution in [1.82, 2.24) is 5.32 Å². The second kappa shape index (κ2) is 6.26. The molecule has 0 radical (unpaired) electrons. The molecular formula is C16H22F3NO. The third kappa shape index (κ3) is 3.90. The van der Waals surface area contributed by atoms with Gasteiger partial charge in [0, 0.05) is 17.6 Å². The number of rotatable bonds is 3. The summed E-state index contributed by atoms with van der Waals surface area (Å²) in [6, 6.07) is 4.31. The number of halogens is 3. The maximum atomic E-state index is 13.1. The van der Waals surface area contributed by atoms with Crippen LogP contribution in [-0.4, -0.2) is 17.3 Å². The first-order chi connectivity index (χ1) is 9.79. The van der Waals surface area contributed by atoms with E-state index >= 15 is 0 Å². The lowest BCUT2D eigenvalue weighted by Crippen LogP contribution is -2.46. The Kier molecular flexibility index (Phi) is 4.81. The lowest BCUT2D eigenvalue weighted by atomic mass is 9.83. The first kappa shape index (κ1) is 16.1. The van der Waals surface area contributed by atoms with Crippen molar-refractivity contribution in [2.75, 3.05) is 0 Å². The summed E-state index contributed by atoms with van der Waals surface area (Å²) in [5.41, 5.74) is 1.63. The van der Waals surface area contributed by atoms with Gasteiger partial charge in [0.15, 0.2) is 0 Å². The Hall–Kier alpha value is -1.23. The van der Waals surface area contributed by atoms with Crippen LogP contribution in [0.2, 0.25) is 0 Å². The molecule has 0 spiro atoms. The van der Waals surface area contributed by atoms with Crippen LogP contribution >= 0.6 is 0 Å². The van der Waals surface area contributed by atoms with Crippen molar-refractivity contribution in [3.63, 3.8) is 0 Å². The molecule has 0 aromatic heterocycles. The van der Waals surface area contributed by atoms with E-state index in [0.717, 1.165) is 12.0 Å². The van der Waals surface area contributed by atoms with Crippen molar-refractivity contribution in [2.45, 2.75) is 57.8 Å². The molecule has 0 aliphatic heterocycles. The maximum absolute atomic E-state index is 13.1. The molecule has 5 heteroatoms. The summed E-state index contributed by atoms with van der Waals surface area (Å²) in [5, 5.41) is 13.0. The van der Waals surface area contributed by atoms with E-state index in [1.54, 1.807) is 19.1 Å². The Bertz CT molecular complexity index is 487. The number of phenolic OH excluding ortho intramolecular Hbond substituents is 1. The monoisotopic (exact) mass is 301 g/mol. The minimum atomic E-state index is -4.16. The third-order valence-electron chi connectivity index (χ3n) is 4.30. The molecule has 1 aromatic carbocycles. The number of nitrogens with one attached hydrogen (secondary N) is 1. The molecule has 1 aliphatic rings. The summed E-state index contributed by atoms with van der Waals surface area (Å²) in [4.78, 5) is 0. The lowest BCUT2D eigenvalue weighted by molar-refractivity contribution is -0.189. The van der Waals surface area contributed by atoms with Crippen LogP contribution in [-0.2, 0) is 0 Å². The Morgan fingerprint density at radius 3 is 2.57 bits per heavy atom. The number of alkyl halides is 3. The zero-order chi connectivity index (χ0) is 15.6. The van der Waals surface area contributed by atoms with Gasteiger partial charge in [0.25, 0.3) is 0 Å². The highest BCUT2D eigenvalue weighted by atomic mass is 19.4. The quantitative estimate of drug-likeness (QED) is 0.863. The van der Waals surface area contributed by atoms with Gasteiger partial charge < -0.3 is 10.4 Å². The number of benzene rings is 1. The van der Waals surface area contributed by atoms with Gasteiger partial charge in [0.05, 0.1) is 5.92 Å². The van der Waals surface area contributed by atoms with Gasteiger partial charge in [-0.05, 0) is 32.8 Å². The van der Waals surface area contributed by atoms with Crippen molar-refractivity contribution >= 4 is 0 Å². The molecule has 0 bridgehead atoms. The molecule has 1 saturated carbocycles. The smallest absolute Gasteiger partial charge is 0.393 e. The van der Waals surface area contributed by atoms with Gasteiger partial charge in [-0.25, -0.2) is 0 Å². The molecule has 0 amide bonds. The van der Waals surface area contributed by atoms with E-state index in [9.17, 15) is 18.3 Å². The second-order valence-corrected chi connectivity index (χ2v) is 5.99. The van der Waals surface area contributed by atoms with Gasteiger partial charge in [-0.15, -0.1) is 0 Å². The van der Waals surface area contributed by atoms with Crippen molar-refractivity contribution in [2.24, 2.45) is 5.92 Å². The maximum Gasteiger partial charge on any atom is 0.393 e. The first-order valence-electron chi connectivity index (χ1n) is 7.41. The van der Waals surface area contributed by atoms with Gasteiger partial charge in [0.2, 0.25) is 0 Å². The summed E-state index contributed by atoms with van der Waals surface area (Å²) in [6.45, 7) is 3.70. The van der Waals surface area contributed by atoms with E-state index in [0.29, 0.717) is 18.4 Å². The molecule has 1 fully saturated rings. The number of hydrogen-bond donors (Lipinski definition) is 2. The number of phenols is 1. The minimum Gasteiger partial charge on any atom is -0.508 e. The third-order valence-corrected chi connectivity index (χ3v) is 4.30. The average molecular weight is 301 g/mol. The zero-order valence-electron chi connectivity index (χ0n) is 12.4. The molecule has 1 aromatic rings. The summed E-state index contributed by atoms with van der Waals surface area (Å²) in [5.74, 6) is -1.17. The Balaban J connectivity index is 2.13. The lowest BCUT2D eigenvalue weighted by Gasteiger charge is -2.35. The van der Waals surface area contributed by atoms with E-state index in [2.05, 4.69) is 5.32 Å². The molecule has 3 unspecified atom stereocenters. The number of aromatic hydroxyl groups is 1. The van der Waals surface area contributed by atoms with Crippen LogP contribution in [0.3, 0.4) is 0 Å². The highest BCUT2D eigenvalue weighted by Crippen LogP contribution is 2.39. The van der Waals surface area contributed by atoms with Crippen molar-refractivity contribution < 1.29 is 18.3 Å². The SMILES string of the molecule is Cc1ccc(O)c(C(C)NC2CCCCC2C(F)(F)F)c1. The summed E-state index contributed by atoms with van der Waals surface area (Å²) < 4.78 is 39.3. The topological polar surface area (TPSA) is 32.3 Å². The van der Waals surface area contributed by atoms with Crippen LogP contribution in [0.25, 0.3) is 0 Å². The molecule has 2 rings (SSSR count). The van der Waals surface area contributed by atoms with Crippen LogP contribution in [0, 0.1) is 12.8 Å². The van der Waals surface area contributed by atoms with Crippen LogP contribution < -0.4 is 5.32 Å². The van der Waals surface area contributed by atoms with Crippen LogP contribution in [0.1, 0.15) is 49.8 Å². The fourth-order valence-electron chi connectivity index (χ4n) is 3.15. The van der Waals surface area contributed by atoms with Gasteiger partial charge in [-0.2, -0.15) is 13.2 Å². The summed E-state index contributed by atoms with van der Waals surface area (Å²) >= 11 is 0. The van der Waals surface area contributed by atoms with Crippen molar-refractivity contribution in [1.29, 1.82) is 0 Å². The molecule has 118 valence electrons. The van der Waals surface area contributed by atoms with Crippen molar-refractivity contribution in [3.05, 3.63) is 29.3 Å². The molecule has 1 aliphatic carbocycles. The van der Waals surface area contributed by atoms with Crippen LogP contribution in [0.5, 0.6) is 5.75 Å². The van der Waals surface area contributed by atoms with Crippen LogP contribution in [0.15, 0.2) is 18.2 Å². The van der Waals surface area contributed by atoms with E-state index in [4.69, 9.17) is 0 Å². The molecule has 2 nitrogen and oxygen atoms in total. The second-order valence-electron chi connectivity index (χ2n) is 5.99. The Labute approximate surface area is 123 Å². The normalized spacial score (nSPS) is 24.8. The van der Waals surface area contributed by atoms with E-state index in [1.165, 1.54) is 0 Å². The Morgan fingerprint density at radius 1 is 1.24 bits per heavy atom. The molecule has 0 heterocycles. The molecular weight excluding hydrogens is 279 g/mol. The predicted octanol–water partition coefficient (Wildman–Crippen LogP) is 4.47. The first-order valence-corrected chi connectivity index (χ1v) is 7.41. The average Bonchev–Trinajstić information content (AvgIpc) is 2.41. The fourth-order valence-corrected chi connectivity index (χ4v) is 3.15. The Morgan fingerprint density at radius 2 is 1.90 bits per heavy atom. The summed E-state index contributed by atoms with van der Waals surface area (Å²) in [6.07, 6.45) is -2.00. The van der Waals surface area contributed by atoms with Gasteiger partial charge in [-0.3, -0.25) is 0 Å². The highest BCUT2D eigenvalue weighted by Gasteiger charge is 2.45. The molecule has 0 saturated heterocycles. The van der Waals surface area contributed by atoms with E-state index < -0.39 is 18.1 Å². The number of aryl methyl sites for hydroxylation is 1. The minimum absolute atomic E-state index is 0.125. The van der Waals surface area contributed by atoms with E-state index in [-0.39, 0.29) is 18.2 Å². The fraction of sp³-hybridized carbons (Fsp3) is 0.625. The van der Waals surface area contributed by atoms with Gasteiger partial charge in [0.1, 0.15) is 5.75 Å². The number of hydrogen-bond acceptors (Lipinski definition) is 2. The largest absolute Gasteiger partial charge is 0.508 e. The van der Waals surface area contributed by atoms with Gasteiger partial charge in [-0.1, -0.05) is 30.5 Å². The van der Waals surface area contributed by atoms with Gasteiger partial charge >= 0.3 is 6.18 Å². The zero-order valence-corrected chi connectivity index (χ0v) is 12.4. The predicted molar refractivity (Wildman–Crippen MR) is 76.2 cm³/mol. The summed E-state index contributed by atoms with van der Waals surface area (Å²) in [7, 11) is 0. The van der Waals surface area contributed by atoms with Crippen LogP contribution in [0.4, 0.5) is 13.2 Å². The standard InChI is InChI=1S/C16H22F3NO/c1-10-7-8-15(21)12(9-10)11(2)20-14-6-4-3-5-13(14)16(17,18)19/h7-9,11,13-14,20-21H,3-6H2,1-2H3. The molecule has 3 atom stereocenters.